The van der Waals surface area contributed by atoms with Crippen LogP contribution < -0.4 is 4.74 Å². The smallest absolute Gasteiger partial charge is 0.132 e. The van der Waals surface area contributed by atoms with Gasteiger partial charge in [0.2, 0.25) is 0 Å². The van der Waals surface area contributed by atoms with Crippen molar-refractivity contribution in [2.24, 2.45) is 0 Å². The molecule has 0 aliphatic heterocycles. The summed E-state index contributed by atoms with van der Waals surface area (Å²) in [4.78, 5) is 0. The topological polar surface area (TPSA) is 9.23 Å². The summed E-state index contributed by atoms with van der Waals surface area (Å²) >= 11 is 0. The van der Waals surface area contributed by atoms with Crippen LogP contribution in [0.1, 0.15) is 26.3 Å². The van der Waals surface area contributed by atoms with Crippen molar-refractivity contribution < 1.29 is 13.5 Å². The van der Waals surface area contributed by atoms with Crippen LogP contribution in [0.5, 0.6) is 5.75 Å². The predicted molar refractivity (Wildman–Crippen MR) is 53.6 cm³/mol. The average molecular weight is 202 g/mol. The zero-order chi connectivity index (χ0) is 11.1. The molecule has 1 nitrogen and oxygen atoms in total. The maximum absolute atomic E-state index is 12.8. The summed E-state index contributed by atoms with van der Waals surface area (Å²) in [6, 6.07) is 2.36. The highest BCUT2D eigenvalue weighted by atomic mass is 19.1. The molecule has 0 bridgehead atoms. The lowest BCUT2D eigenvalue weighted by Crippen LogP contribution is -1.95. The Morgan fingerprint density at radius 2 is 1.57 bits per heavy atom. The fourth-order valence-corrected chi connectivity index (χ4v) is 0.872. The van der Waals surface area contributed by atoms with Crippen molar-refractivity contribution in [2.45, 2.75) is 27.7 Å². The molecule has 0 aliphatic rings. The maximum atomic E-state index is 12.8. The van der Waals surface area contributed by atoms with Crippen LogP contribution in [0.2, 0.25) is 0 Å². The lowest BCUT2D eigenvalue weighted by Gasteiger charge is -2.04. The third-order valence-corrected chi connectivity index (χ3v) is 1.57. The van der Waals surface area contributed by atoms with E-state index in [0.717, 1.165) is 0 Å². The Hall–Kier alpha value is -1.12. The van der Waals surface area contributed by atoms with E-state index in [1.54, 1.807) is 6.92 Å². The molecule has 0 atom stereocenters. The zero-order valence-corrected chi connectivity index (χ0v) is 9.03. The van der Waals surface area contributed by atoms with E-state index in [4.69, 9.17) is 4.74 Å². The Bertz CT molecular complexity index is 262. The quantitative estimate of drug-likeness (QED) is 0.710. The summed E-state index contributed by atoms with van der Waals surface area (Å²) in [6.45, 7) is 7.55. The zero-order valence-electron chi connectivity index (χ0n) is 9.03. The molecule has 0 aliphatic carbocycles. The third-order valence-electron chi connectivity index (χ3n) is 1.57. The fourth-order valence-electron chi connectivity index (χ4n) is 0.872. The maximum Gasteiger partial charge on any atom is 0.132 e. The van der Waals surface area contributed by atoms with Gasteiger partial charge in [0, 0.05) is 17.7 Å². The van der Waals surface area contributed by atoms with Crippen LogP contribution in [0.25, 0.3) is 0 Å². The number of benzene rings is 1. The van der Waals surface area contributed by atoms with Gasteiger partial charge in [-0.25, -0.2) is 8.78 Å². The molecule has 0 amide bonds. The van der Waals surface area contributed by atoms with Crippen molar-refractivity contribution in [2.75, 3.05) is 6.61 Å². The van der Waals surface area contributed by atoms with E-state index in [1.807, 2.05) is 13.8 Å². The Kier molecular flexibility index (Phi) is 5.84. The Morgan fingerprint density at radius 3 is 1.93 bits per heavy atom. The summed E-state index contributed by atoms with van der Waals surface area (Å²) in [7, 11) is 0. The average Bonchev–Trinajstić information content (AvgIpc) is 2.18. The molecule has 1 aromatic carbocycles. The van der Waals surface area contributed by atoms with Crippen molar-refractivity contribution >= 4 is 0 Å². The molecule has 0 unspecified atom stereocenters. The van der Waals surface area contributed by atoms with Gasteiger partial charge in [0.1, 0.15) is 17.4 Å². The van der Waals surface area contributed by atoms with Gasteiger partial charge in [-0.05, 0) is 13.8 Å². The Labute approximate surface area is 83.7 Å². The molecule has 3 heteroatoms. The SMILES string of the molecule is CC.CCOc1cc(F)c(C)c(F)c1. The van der Waals surface area contributed by atoms with Gasteiger partial charge in [-0.15, -0.1) is 0 Å². The lowest BCUT2D eigenvalue weighted by molar-refractivity contribution is 0.335. The van der Waals surface area contributed by atoms with Gasteiger partial charge in [0.05, 0.1) is 6.61 Å². The molecule has 80 valence electrons. The molecule has 1 rings (SSSR count). The molecular weight excluding hydrogens is 186 g/mol. The molecule has 0 fully saturated rings. The molecule has 0 spiro atoms. The minimum absolute atomic E-state index is 0.0263. The van der Waals surface area contributed by atoms with Gasteiger partial charge in [-0.3, -0.25) is 0 Å². The number of hydrogen-bond donors (Lipinski definition) is 0. The van der Waals surface area contributed by atoms with Crippen LogP contribution in [-0.2, 0) is 0 Å². The highest BCUT2D eigenvalue weighted by Crippen LogP contribution is 2.19. The van der Waals surface area contributed by atoms with Crippen molar-refractivity contribution in [1.29, 1.82) is 0 Å². The first kappa shape index (κ1) is 12.9. The van der Waals surface area contributed by atoms with Gasteiger partial charge < -0.3 is 4.74 Å². The van der Waals surface area contributed by atoms with E-state index in [0.29, 0.717) is 6.61 Å². The van der Waals surface area contributed by atoms with E-state index in [9.17, 15) is 8.78 Å². The van der Waals surface area contributed by atoms with Crippen LogP contribution >= 0.6 is 0 Å². The molecule has 0 aromatic heterocycles. The van der Waals surface area contributed by atoms with Gasteiger partial charge in [-0.2, -0.15) is 0 Å². The Morgan fingerprint density at radius 1 is 1.14 bits per heavy atom. The largest absolute Gasteiger partial charge is 0.494 e. The minimum atomic E-state index is -0.571. The number of hydrogen-bond acceptors (Lipinski definition) is 1. The molecule has 14 heavy (non-hydrogen) atoms. The lowest BCUT2D eigenvalue weighted by atomic mass is 10.2. The van der Waals surface area contributed by atoms with E-state index in [-0.39, 0.29) is 11.3 Å². The highest BCUT2D eigenvalue weighted by molar-refractivity contribution is 5.29. The number of halogens is 2. The van der Waals surface area contributed by atoms with E-state index in [1.165, 1.54) is 19.1 Å². The van der Waals surface area contributed by atoms with Crippen molar-refractivity contribution in [3.8, 4) is 5.75 Å². The summed E-state index contributed by atoms with van der Waals surface area (Å²) in [5.41, 5.74) is 0.0263. The predicted octanol–water partition coefficient (Wildman–Crippen LogP) is 3.70. The van der Waals surface area contributed by atoms with Crippen LogP contribution in [0.3, 0.4) is 0 Å². The van der Waals surface area contributed by atoms with Gasteiger partial charge in [0.25, 0.3) is 0 Å². The number of ether oxygens (including phenoxy) is 1. The normalized spacial score (nSPS) is 9.00. The molecular formula is C11H16F2O. The van der Waals surface area contributed by atoms with Crippen LogP contribution in [0.4, 0.5) is 8.78 Å². The molecule has 0 saturated heterocycles. The third kappa shape index (κ3) is 3.32. The first-order chi connectivity index (χ1) is 6.65. The van der Waals surface area contributed by atoms with Crippen molar-refractivity contribution in [3.05, 3.63) is 29.3 Å². The highest BCUT2D eigenvalue weighted by Gasteiger charge is 2.06. The molecule has 0 radical (unpaired) electrons. The molecule has 0 heterocycles. The molecule has 1 aromatic rings. The van der Waals surface area contributed by atoms with Crippen LogP contribution in [0.15, 0.2) is 12.1 Å². The second kappa shape index (κ2) is 6.35. The van der Waals surface area contributed by atoms with Gasteiger partial charge >= 0.3 is 0 Å². The second-order valence-corrected chi connectivity index (χ2v) is 2.44. The standard InChI is InChI=1S/C9H10F2O.C2H6/c1-3-12-7-4-8(10)6(2)9(11)5-7;1-2/h4-5H,3H2,1-2H3;1-2H3. The fraction of sp³-hybridized carbons (Fsp3) is 0.455. The van der Waals surface area contributed by atoms with E-state index in [2.05, 4.69) is 0 Å². The first-order valence-electron chi connectivity index (χ1n) is 4.73. The molecule has 0 saturated carbocycles. The van der Waals surface area contributed by atoms with Crippen LogP contribution in [0, 0.1) is 18.6 Å². The minimum Gasteiger partial charge on any atom is -0.494 e. The first-order valence-corrected chi connectivity index (χ1v) is 4.73. The monoisotopic (exact) mass is 202 g/mol. The van der Waals surface area contributed by atoms with E-state index >= 15 is 0 Å². The van der Waals surface area contributed by atoms with Gasteiger partial charge in [-0.1, -0.05) is 13.8 Å². The van der Waals surface area contributed by atoms with Crippen molar-refractivity contribution in [3.63, 3.8) is 0 Å². The summed E-state index contributed by atoms with van der Waals surface area (Å²) < 4.78 is 30.6. The Balaban J connectivity index is 0.000000791. The number of rotatable bonds is 2. The summed E-state index contributed by atoms with van der Waals surface area (Å²) in [6.07, 6.45) is 0. The second-order valence-electron chi connectivity index (χ2n) is 2.44. The van der Waals surface area contributed by atoms with Crippen LogP contribution in [-0.4, -0.2) is 6.61 Å². The summed E-state index contributed by atoms with van der Waals surface area (Å²) in [5, 5.41) is 0. The van der Waals surface area contributed by atoms with Crippen molar-refractivity contribution in [1.82, 2.24) is 0 Å². The van der Waals surface area contributed by atoms with E-state index < -0.39 is 11.6 Å². The summed E-state index contributed by atoms with van der Waals surface area (Å²) in [5.74, 6) is -0.907. The molecule has 0 N–H and O–H groups in total. The van der Waals surface area contributed by atoms with Gasteiger partial charge in [0.15, 0.2) is 0 Å².